The lowest BCUT2D eigenvalue weighted by molar-refractivity contribution is -0.870. The summed E-state index contributed by atoms with van der Waals surface area (Å²) < 4.78 is 24.3. The van der Waals surface area contributed by atoms with Crippen LogP contribution in [-0.2, 0) is 20.3 Å². The molecule has 0 radical (unpaired) electrons. The average molecular weight is 540 g/mol. The van der Waals surface area contributed by atoms with E-state index in [0.29, 0.717) is 23.7 Å². The fourth-order valence-electron chi connectivity index (χ4n) is 4.45. The molecule has 1 aromatic rings. The Bertz CT molecular complexity index is 775. The molecule has 0 aromatic heterocycles. The van der Waals surface area contributed by atoms with E-state index in [2.05, 4.69) is 6.92 Å². The lowest BCUT2D eigenvalue weighted by Gasteiger charge is -2.28. The Morgan fingerprint density at radius 3 is 2.03 bits per heavy atom. The summed E-state index contributed by atoms with van der Waals surface area (Å²) >= 11 is 0. The maximum atomic E-state index is 12.3. The third kappa shape index (κ3) is 19.5. The molecule has 2 atom stereocenters. The highest BCUT2D eigenvalue weighted by atomic mass is 31.2. The van der Waals surface area contributed by atoms with Gasteiger partial charge in [0.1, 0.15) is 19.1 Å². The molecule has 0 spiro atoms. The summed E-state index contributed by atoms with van der Waals surface area (Å²) in [5, 5.41) is 0. The van der Waals surface area contributed by atoms with Gasteiger partial charge < -0.3 is 28.0 Å². The minimum absolute atomic E-state index is 0.0282. The summed E-state index contributed by atoms with van der Waals surface area (Å²) in [5.41, 5.74) is 1.05. The highest BCUT2D eigenvalue weighted by Gasteiger charge is 2.18. The zero-order valence-electron chi connectivity index (χ0n) is 24.3. The molecule has 0 fully saturated rings. The number of nitrogens with zero attached hydrogens (tertiary/aromatic N) is 1. The van der Waals surface area contributed by atoms with Gasteiger partial charge in [0.2, 0.25) is 0 Å². The number of hydrogen-bond donors (Lipinski definition) is 0. The van der Waals surface area contributed by atoms with Crippen molar-refractivity contribution in [3.63, 3.8) is 0 Å². The van der Waals surface area contributed by atoms with Crippen molar-refractivity contribution >= 4 is 13.4 Å². The van der Waals surface area contributed by atoms with E-state index in [1.165, 1.54) is 64.7 Å². The average Bonchev–Trinajstić information content (AvgIpc) is 2.81. The van der Waals surface area contributed by atoms with E-state index in [1.807, 2.05) is 45.4 Å². The molecule has 2 unspecified atom stereocenters. The van der Waals surface area contributed by atoms with Crippen LogP contribution in [0.15, 0.2) is 24.3 Å². The molecule has 37 heavy (non-hydrogen) atoms. The first-order chi connectivity index (χ1) is 17.5. The number of carbonyl (C=O) groups excluding carboxylic acids is 1. The van der Waals surface area contributed by atoms with Gasteiger partial charge in [-0.3, -0.25) is 0 Å². The molecule has 1 rings (SSSR count). The van der Waals surface area contributed by atoms with Crippen LogP contribution in [0.3, 0.4) is 0 Å². The summed E-state index contributed by atoms with van der Waals surface area (Å²) in [4.78, 5) is 24.1. The molecular formula is C30H54NO5P. The molecule has 1 aromatic carbocycles. The Labute approximate surface area is 227 Å². The second-order valence-corrected chi connectivity index (χ2v) is 13.6. The molecule has 0 saturated carbocycles. The first-order valence-corrected chi connectivity index (χ1v) is 16.2. The smallest absolute Gasteiger partial charge is 0.135 e. The van der Waals surface area contributed by atoms with Crippen molar-refractivity contribution in [3.8, 4) is 5.75 Å². The molecule has 0 bridgehead atoms. The zero-order chi connectivity index (χ0) is 27.6. The van der Waals surface area contributed by atoms with Gasteiger partial charge in [-0.15, -0.1) is 0 Å². The molecule has 0 N–H and O–H groups in total. The maximum Gasteiger partial charge on any atom is 0.135 e. The largest absolute Gasteiger partial charge is 0.778 e. The fourth-order valence-corrected chi connectivity index (χ4v) is 5.55. The third-order valence-corrected chi connectivity index (χ3v) is 7.96. The molecule has 0 amide bonds. The van der Waals surface area contributed by atoms with Gasteiger partial charge in [0, 0.05) is 19.0 Å². The first kappa shape index (κ1) is 33.8. The molecule has 6 nitrogen and oxygen atoms in total. The van der Waals surface area contributed by atoms with Crippen molar-refractivity contribution in [1.29, 1.82) is 0 Å². The van der Waals surface area contributed by atoms with Crippen molar-refractivity contribution in [2.75, 3.05) is 47.1 Å². The number of unbranched alkanes of at least 4 members (excludes halogenated alkanes) is 9. The van der Waals surface area contributed by atoms with Crippen molar-refractivity contribution in [2.24, 2.45) is 5.92 Å². The van der Waals surface area contributed by atoms with Crippen LogP contribution in [0.4, 0.5) is 0 Å². The van der Waals surface area contributed by atoms with Gasteiger partial charge >= 0.3 is 0 Å². The van der Waals surface area contributed by atoms with Crippen LogP contribution in [0.2, 0.25) is 0 Å². The molecule has 7 heteroatoms. The van der Waals surface area contributed by atoms with Gasteiger partial charge in [-0.25, -0.2) is 0 Å². The van der Waals surface area contributed by atoms with Crippen molar-refractivity contribution in [1.82, 2.24) is 0 Å². The van der Waals surface area contributed by atoms with E-state index in [9.17, 15) is 14.3 Å². The molecule has 0 aliphatic carbocycles. The number of hydrogen-bond acceptors (Lipinski definition) is 5. The molecule has 0 saturated heterocycles. The van der Waals surface area contributed by atoms with Gasteiger partial charge in [0.05, 0.1) is 40.9 Å². The number of rotatable bonds is 23. The molecular weight excluding hydrogens is 485 g/mol. The number of quaternary nitrogens is 1. The van der Waals surface area contributed by atoms with E-state index >= 15 is 0 Å². The van der Waals surface area contributed by atoms with Crippen molar-refractivity contribution in [2.45, 2.75) is 97.3 Å². The van der Waals surface area contributed by atoms with Gasteiger partial charge in [0.15, 0.2) is 0 Å². The monoisotopic (exact) mass is 539 g/mol. The summed E-state index contributed by atoms with van der Waals surface area (Å²) in [6, 6.07) is 7.92. The highest BCUT2D eigenvalue weighted by molar-refractivity contribution is 7.51. The van der Waals surface area contributed by atoms with Crippen LogP contribution in [0.1, 0.15) is 96.5 Å². The first-order valence-electron chi connectivity index (χ1n) is 14.5. The number of benzene rings is 1. The standard InChI is InChI=1S/C30H54NO5P/c1-6-7-8-9-10-11-12-13-14-15-22-35-30-19-17-28(18-20-30)25-29(24-27(2)32)26-36-37(33,34)23-16-21-31(3,4)5/h17-20,29H,6-16,21-26H2,1-5H3. The van der Waals surface area contributed by atoms with Gasteiger partial charge in [-0.05, 0) is 43.4 Å². The summed E-state index contributed by atoms with van der Waals surface area (Å²) in [6.45, 7) is 5.33. The van der Waals surface area contributed by atoms with Crippen LogP contribution in [0, 0.1) is 5.92 Å². The van der Waals surface area contributed by atoms with Crippen LogP contribution >= 0.6 is 7.60 Å². The Hall–Kier alpha value is -1.20. The van der Waals surface area contributed by atoms with Gasteiger partial charge in [-0.1, -0.05) is 76.8 Å². The minimum Gasteiger partial charge on any atom is -0.778 e. The zero-order valence-corrected chi connectivity index (χ0v) is 25.2. The van der Waals surface area contributed by atoms with E-state index < -0.39 is 7.60 Å². The SMILES string of the molecule is CCCCCCCCCCCCOc1ccc(CC(COP(=O)([O-])CCC[N+](C)(C)C)CC(C)=O)cc1. The Morgan fingerprint density at radius 2 is 1.49 bits per heavy atom. The quantitative estimate of drug-likeness (QED) is 0.0869. The molecule has 214 valence electrons. The van der Waals surface area contributed by atoms with Crippen LogP contribution in [0.25, 0.3) is 0 Å². The number of ketones is 1. The van der Waals surface area contributed by atoms with Crippen LogP contribution in [-0.4, -0.2) is 57.3 Å². The molecule has 0 aliphatic rings. The van der Waals surface area contributed by atoms with Gasteiger partial charge in [-0.2, -0.15) is 0 Å². The number of Topliss-reactive ketones (excluding diaryl/α,β-unsaturated/α-hetero) is 1. The second kappa shape index (κ2) is 19.0. The van der Waals surface area contributed by atoms with Crippen LogP contribution < -0.4 is 9.63 Å². The van der Waals surface area contributed by atoms with E-state index in [-0.39, 0.29) is 24.5 Å². The molecule has 0 aliphatic heterocycles. The third-order valence-electron chi connectivity index (χ3n) is 6.56. The Morgan fingerprint density at radius 1 is 0.919 bits per heavy atom. The van der Waals surface area contributed by atoms with E-state index in [0.717, 1.165) is 30.9 Å². The highest BCUT2D eigenvalue weighted by Crippen LogP contribution is 2.38. The predicted octanol–water partition coefficient (Wildman–Crippen LogP) is 6.79. The number of ether oxygens (including phenoxy) is 1. The summed E-state index contributed by atoms with van der Waals surface area (Å²) in [7, 11) is 2.20. The lowest BCUT2D eigenvalue weighted by Crippen LogP contribution is -2.35. The van der Waals surface area contributed by atoms with E-state index in [1.54, 1.807) is 0 Å². The Balaban J connectivity index is 2.34. The van der Waals surface area contributed by atoms with Crippen molar-refractivity contribution in [3.05, 3.63) is 29.8 Å². The normalized spacial score (nSPS) is 14.3. The maximum absolute atomic E-state index is 12.3. The Kier molecular flexibility index (Phi) is 17.3. The van der Waals surface area contributed by atoms with Gasteiger partial charge in [0.25, 0.3) is 0 Å². The summed E-state index contributed by atoms with van der Waals surface area (Å²) in [6.07, 6.45) is 14.5. The minimum atomic E-state index is -3.91. The molecule has 0 heterocycles. The van der Waals surface area contributed by atoms with Crippen LogP contribution in [0.5, 0.6) is 5.75 Å². The topological polar surface area (TPSA) is 75.7 Å². The summed E-state index contributed by atoms with van der Waals surface area (Å²) in [5.74, 6) is 0.716. The number of carbonyl (C=O) groups is 1. The van der Waals surface area contributed by atoms with Crippen molar-refractivity contribution < 1.29 is 28.0 Å². The fraction of sp³-hybridized carbons (Fsp3) is 0.767. The lowest BCUT2D eigenvalue weighted by atomic mass is 9.95. The van der Waals surface area contributed by atoms with E-state index in [4.69, 9.17) is 9.26 Å². The second-order valence-electron chi connectivity index (χ2n) is 11.6. The predicted molar refractivity (Wildman–Crippen MR) is 152 cm³/mol.